The van der Waals surface area contributed by atoms with E-state index in [4.69, 9.17) is 5.11 Å². The SMILES string of the molecule is CC(C)NS(=O)(=O)Cc1ccccc1CNC(=O)C1CCCC(C(=O)O)C1. The zero-order valence-corrected chi connectivity index (χ0v) is 16.6. The summed E-state index contributed by atoms with van der Waals surface area (Å²) in [5.41, 5.74) is 1.38. The number of carboxylic acid groups (broad SMARTS) is 1. The first-order valence-electron chi connectivity index (χ1n) is 9.25. The minimum atomic E-state index is -3.46. The van der Waals surface area contributed by atoms with Crippen molar-refractivity contribution in [3.63, 3.8) is 0 Å². The summed E-state index contributed by atoms with van der Waals surface area (Å²) in [5.74, 6) is -1.94. The fourth-order valence-electron chi connectivity index (χ4n) is 3.46. The Kier molecular flexibility index (Phi) is 7.38. The van der Waals surface area contributed by atoms with Gasteiger partial charge in [-0.25, -0.2) is 13.1 Å². The van der Waals surface area contributed by atoms with Crippen LogP contribution in [-0.2, 0) is 31.9 Å². The summed E-state index contributed by atoms with van der Waals surface area (Å²) in [6.45, 7) is 3.75. The third kappa shape index (κ3) is 6.62. The predicted octanol–water partition coefficient (Wildman–Crippen LogP) is 2.02. The van der Waals surface area contributed by atoms with Gasteiger partial charge in [0.05, 0.1) is 11.7 Å². The fourth-order valence-corrected chi connectivity index (χ4v) is 4.95. The molecule has 1 saturated carbocycles. The van der Waals surface area contributed by atoms with Gasteiger partial charge in [-0.15, -0.1) is 0 Å². The van der Waals surface area contributed by atoms with Gasteiger partial charge >= 0.3 is 5.97 Å². The number of carbonyl (C=O) groups excluding carboxylic acids is 1. The number of hydrogen-bond acceptors (Lipinski definition) is 4. The van der Waals surface area contributed by atoms with Crippen LogP contribution in [0.5, 0.6) is 0 Å². The standard InChI is InChI=1S/C19H28N2O5S/c1-13(2)21-27(25,26)12-17-7-4-3-6-16(17)11-20-18(22)14-8-5-9-15(10-14)19(23)24/h3-4,6-7,13-15,21H,5,8-12H2,1-2H3,(H,20,22)(H,23,24). The maximum Gasteiger partial charge on any atom is 0.306 e. The summed E-state index contributed by atoms with van der Waals surface area (Å²) in [4.78, 5) is 23.6. The zero-order valence-electron chi connectivity index (χ0n) is 15.8. The number of nitrogens with one attached hydrogen (secondary N) is 2. The summed E-state index contributed by atoms with van der Waals surface area (Å²) in [7, 11) is -3.46. The molecule has 0 saturated heterocycles. The quantitative estimate of drug-likeness (QED) is 0.622. The van der Waals surface area contributed by atoms with Gasteiger partial charge < -0.3 is 10.4 Å². The third-order valence-electron chi connectivity index (χ3n) is 4.73. The molecular formula is C19H28N2O5S. The highest BCUT2D eigenvalue weighted by Crippen LogP contribution is 2.29. The molecule has 1 aromatic rings. The van der Waals surface area contributed by atoms with Gasteiger partial charge in [0.25, 0.3) is 0 Å². The molecule has 1 aliphatic rings. The molecule has 0 bridgehead atoms. The Balaban J connectivity index is 2.00. The maximum atomic E-state index is 12.4. The van der Waals surface area contributed by atoms with Crippen molar-refractivity contribution in [3.8, 4) is 0 Å². The average Bonchev–Trinajstić information content (AvgIpc) is 2.59. The smallest absolute Gasteiger partial charge is 0.306 e. The Morgan fingerprint density at radius 3 is 2.41 bits per heavy atom. The summed E-state index contributed by atoms with van der Waals surface area (Å²) >= 11 is 0. The molecule has 7 nitrogen and oxygen atoms in total. The molecule has 0 spiro atoms. The Labute approximate surface area is 160 Å². The van der Waals surface area contributed by atoms with E-state index >= 15 is 0 Å². The molecule has 1 amide bonds. The molecule has 0 aromatic heterocycles. The summed E-state index contributed by atoms with van der Waals surface area (Å²) < 4.78 is 26.9. The second-order valence-corrected chi connectivity index (χ2v) is 9.17. The van der Waals surface area contributed by atoms with Gasteiger partial charge in [0.2, 0.25) is 15.9 Å². The van der Waals surface area contributed by atoms with E-state index < -0.39 is 21.9 Å². The van der Waals surface area contributed by atoms with Crippen LogP contribution in [0.2, 0.25) is 0 Å². The van der Waals surface area contributed by atoms with Crippen molar-refractivity contribution in [1.82, 2.24) is 10.0 Å². The van der Waals surface area contributed by atoms with Crippen LogP contribution in [0.15, 0.2) is 24.3 Å². The van der Waals surface area contributed by atoms with Gasteiger partial charge in [-0.2, -0.15) is 0 Å². The molecular weight excluding hydrogens is 368 g/mol. The van der Waals surface area contributed by atoms with Gasteiger partial charge in [0.15, 0.2) is 0 Å². The zero-order chi connectivity index (χ0) is 20.0. The van der Waals surface area contributed by atoms with Crippen LogP contribution in [0.3, 0.4) is 0 Å². The van der Waals surface area contributed by atoms with Crippen LogP contribution in [0.4, 0.5) is 0 Å². The number of carboxylic acids is 1. The molecule has 2 unspecified atom stereocenters. The molecule has 150 valence electrons. The van der Waals surface area contributed by atoms with Gasteiger partial charge in [-0.3, -0.25) is 9.59 Å². The van der Waals surface area contributed by atoms with Gasteiger partial charge in [-0.1, -0.05) is 30.7 Å². The molecule has 27 heavy (non-hydrogen) atoms. The molecule has 2 rings (SSSR count). The lowest BCUT2D eigenvalue weighted by atomic mass is 9.81. The number of hydrogen-bond donors (Lipinski definition) is 3. The maximum absolute atomic E-state index is 12.4. The summed E-state index contributed by atoms with van der Waals surface area (Å²) in [6.07, 6.45) is 2.38. The van der Waals surface area contributed by atoms with Crippen LogP contribution < -0.4 is 10.0 Å². The second-order valence-electron chi connectivity index (χ2n) is 7.42. The summed E-state index contributed by atoms with van der Waals surface area (Å²) in [6, 6.07) is 6.91. The van der Waals surface area contributed by atoms with Crippen LogP contribution in [0.1, 0.15) is 50.7 Å². The first-order valence-corrected chi connectivity index (χ1v) is 10.9. The molecule has 2 atom stereocenters. The highest BCUT2D eigenvalue weighted by Gasteiger charge is 2.30. The number of amides is 1. The van der Waals surface area contributed by atoms with Gasteiger partial charge in [-0.05, 0) is 44.2 Å². The van der Waals surface area contributed by atoms with E-state index in [1.807, 2.05) is 0 Å². The first-order chi connectivity index (χ1) is 12.7. The fraction of sp³-hybridized carbons (Fsp3) is 0.579. The van der Waals surface area contributed by atoms with Crippen molar-refractivity contribution in [2.45, 2.75) is 57.9 Å². The van der Waals surface area contributed by atoms with Crippen LogP contribution >= 0.6 is 0 Å². The molecule has 3 N–H and O–H groups in total. The largest absolute Gasteiger partial charge is 0.481 e. The van der Waals surface area contributed by atoms with E-state index in [0.29, 0.717) is 24.8 Å². The molecule has 1 aromatic carbocycles. The number of rotatable bonds is 8. The van der Waals surface area contributed by atoms with E-state index in [-0.39, 0.29) is 30.2 Å². The minimum Gasteiger partial charge on any atom is -0.481 e. The van der Waals surface area contributed by atoms with Crippen LogP contribution in [0.25, 0.3) is 0 Å². The Hall–Kier alpha value is -1.93. The second kappa shape index (κ2) is 9.32. The number of carbonyl (C=O) groups is 2. The Bertz CT molecular complexity index is 776. The monoisotopic (exact) mass is 396 g/mol. The lowest BCUT2D eigenvalue weighted by Crippen LogP contribution is -2.35. The number of sulfonamides is 1. The van der Waals surface area contributed by atoms with Crippen molar-refractivity contribution >= 4 is 21.9 Å². The van der Waals surface area contributed by atoms with Crippen LogP contribution in [-0.4, -0.2) is 31.4 Å². The predicted molar refractivity (Wildman–Crippen MR) is 102 cm³/mol. The Morgan fingerprint density at radius 2 is 1.78 bits per heavy atom. The molecule has 1 fully saturated rings. The normalized spacial score (nSPS) is 20.4. The Morgan fingerprint density at radius 1 is 1.15 bits per heavy atom. The molecule has 0 heterocycles. The van der Waals surface area contributed by atoms with E-state index in [2.05, 4.69) is 10.0 Å². The summed E-state index contributed by atoms with van der Waals surface area (Å²) in [5, 5.41) is 12.0. The van der Waals surface area contributed by atoms with Crippen molar-refractivity contribution in [2.75, 3.05) is 0 Å². The third-order valence-corrected chi connectivity index (χ3v) is 6.25. The molecule has 0 radical (unpaired) electrons. The van der Waals surface area contributed by atoms with E-state index in [1.165, 1.54) is 0 Å². The average molecular weight is 397 g/mol. The lowest BCUT2D eigenvalue weighted by Gasteiger charge is -2.25. The van der Waals surface area contributed by atoms with Gasteiger partial charge in [0.1, 0.15) is 0 Å². The molecule has 1 aliphatic carbocycles. The number of benzene rings is 1. The molecule has 8 heteroatoms. The van der Waals surface area contributed by atoms with Crippen LogP contribution in [0, 0.1) is 11.8 Å². The van der Waals surface area contributed by atoms with Gasteiger partial charge in [0, 0.05) is 18.5 Å². The highest BCUT2D eigenvalue weighted by atomic mass is 32.2. The van der Waals surface area contributed by atoms with E-state index in [0.717, 1.165) is 12.0 Å². The van der Waals surface area contributed by atoms with Crippen molar-refractivity contribution in [1.29, 1.82) is 0 Å². The molecule has 0 aliphatic heterocycles. The minimum absolute atomic E-state index is 0.151. The van der Waals surface area contributed by atoms with E-state index in [9.17, 15) is 18.0 Å². The lowest BCUT2D eigenvalue weighted by molar-refractivity contribution is -0.144. The van der Waals surface area contributed by atoms with Crippen molar-refractivity contribution in [3.05, 3.63) is 35.4 Å². The topological polar surface area (TPSA) is 113 Å². The van der Waals surface area contributed by atoms with E-state index in [1.54, 1.807) is 38.1 Å². The number of aliphatic carboxylic acids is 1. The van der Waals surface area contributed by atoms with Crippen molar-refractivity contribution in [2.24, 2.45) is 11.8 Å². The highest BCUT2D eigenvalue weighted by molar-refractivity contribution is 7.88. The first kappa shape index (κ1) is 21.4. The van der Waals surface area contributed by atoms with Crippen molar-refractivity contribution < 1.29 is 23.1 Å².